The summed E-state index contributed by atoms with van der Waals surface area (Å²) < 4.78 is 16.7. The number of hydrogen-bond donors (Lipinski definition) is 0. The van der Waals surface area contributed by atoms with Crippen molar-refractivity contribution < 1.29 is 28.6 Å². The van der Waals surface area contributed by atoms with Crippen molar-refractivity contribution in [3.63, 3.8) is 0 Å². The number of unbranched alkanes of at least 4 members (excludes halogenated alkanes) is 33. The fourth-order valence-corrected chi connectivity index (χ4v) is 7.44. The molecule has 6 heteroatoms. The number of ether oxygens (including phenoxy) is 3. The minimum Gasteiger partial charge on any atom is -0.462 e. The van der Waals surface area contributed by atoms with Crippen molar-refractivity contribution in [3.05, 3.63) is 12.2 Å². The van der Waals surface area contributed by atoms with Gasteiger partial charge in [0, 0.05) is 19.3 Å². The second-order valence-corrected chi connectivity index (χ2v) is 17.1. The van der Waals surface area contributed by atoms with Gasteiger partial charge < -0.3 is 14.2 Å². The molecule has 0 spiro atoms. The van der Waals surface area contributed by atoms with Crippen LogP contribution in [0, 0.1) is 0 Å². The first kappa shape index (κ1) is 55.2. The highest BCUT2D eigenvalue weighted by Crippen LogP contribution is 2.16. The van der Waals surface area contributed by atoms with Crippen LogP contribution >= 0.6 is 0 Å². The zero-order chi connectivity index (χ0) is 41.5. The number of allylic oxidation sites excluding steroid dienone is 2. The monoisotopic (exact) mass is 805 g/mol. The van der Waals surface area contributed by atoms with Crippen LogP contribution in [0.15, 0.2) is 12.2 Å². The Kier molecular flexibility index (Phi) is 45.3. The Morgan fingerprint density at radius 3 is 0.877 bits per heavy atom. The van der Waals surface area contributed by atoms with Crippen LogP contribution in [0.1, 0.15) is 278 Å². The lowest BCUT2D eigenvalue weighted by Crippen LogP contribution is -2.30. The average Bonchev–Trinajstić information content (AvgIpc) is 3.21. The van der Waals surface area contributed by atoms with E-state index in [9.17, 15) is 14.4 Å². The van der Waals surface area contributed by atoms with Crippen LogP contribution in [0.3, 0.4) is 0 Å². The molecule has 0 heterocycles. The highest BCUT2D eigenvalue weighted by molar-refractivity contribution is 5.71. The quantitative estimate of drug-likeness (QED) is 0.0264. The molecule has 1 atom stereocenters. The Bertz CT molecular complexity index is 885. The molecule has 0 aromatic carbocycles. The van der Waals surface area contributed by atoms with Gasteiger partial charge in [0.15, 0.2) is 6.10 Å². The van der Waals surface area contributed by atoms with Gasteiger partial charge in [0.1, 0.15) is 13.2 Å². The van der Waals surface area contributed by atoms with Gasteiger partial charge in [-0.15, -0.1) is 0 Å². The number of carbonyl (C=O) groups is 3. The first-order chi connectivity index (χ1) is 28.0. The first-order valence-electron chi connectivity index (χ1n) is 25.2. The Balaban J connectivity index is 4.25. The van der Waals surface area contributed by atoms with E-state index >= 15 is 0 Å². The minimum atomic E-state index is -0.766. The van der Waals surface area contributed by atoms with Crippen molar-refractivity contribution in [3.8, 4) is 0 Å². The SMILES string of the molecule is CCCCCCC/C=C\CCCCCCCC(=O)OC(COC(=O)CCCCCCCCCC)COC(=O)CCCCCCCCCCCCCCCCCCC. The number of esters is 3. The van der Waals surface area contributed by atoms with Crippen molar-refractivity contribution in [2.75, 3.05) is 13.2 Å². The Morgan fingerprint density at radius 1 is 0.333 bits per heavy atom. The van der Waals surface area contributed by atoms with Crippen molar-refractivity contribution in [1.82, 2.24) is 0 Å². The molecule has 0 aliphatic rings. The van der Waals surface area contributed by atoms with Crippen LogP contribution in [0.5, 0.6) is 0 Å². The summed E-state index contributed by atoms with van der Waals surface area (Å²) in [5.74, 6) is -0.868. The summed E-state index contributed by atoms with van der Waals surface area (Å²) in [6, 6.07) is 0. The molecule has 0 aliphatic carbocycles. The summed E-state index contributed by atoms with van der Waals surface area (Å²) in [5, 5.41) is 0. The zero-order valence-electron chi connectivity index (χ0n) is 38.4. The third-order valence-corrected chi connectivity index (χ3v) is 11.3. The topological polar surface area (TPSA) is 78.9 Å². The first-order valence-corrected chi connectivity index (χ1v) is 25.2. The Morgan fingerprint density at radius 2 is 0.579 bits per heavy atom. The van der Waals surface area contributed by atoms with Crippen molar-refractivity contribution in [2.45, 2.75) is 284 Å². The molecule has 0 rings (SSSR count). The molecule has 1 unspecified atom stereocenters. The molecule has 0 aliphatic heterocycles. The lowest BCUT2D eigenvalue weighted by molar-refractivity contribution is -0.167. The molecule has 0 saturated carbocycles. The Hall–Kier alpha value is -1.85. The van der Waals surface area contributed by atoms with Gasteiger partial charge in [0.05, 0.1) is 0 Å². The van der Waals surface area contributed by atoms with E-state index in [1.165, 1.54) is 173 Å². The number of rotatable bonds is 46. The van der Waals surface area contributed by atoms with Crippen molar-refractivity contribution in [1.29, 1.82) is 0 Å². The van der Waals surface area contributed by atoms with E-state index in [-0.39, 0.29) is 31.1 Å². The molecule has 0 bridgehead atoms. The molecule has 0 fully saturated rings. The molecule has 57 heavy (non-hydrogen) atoms. The van der Waals surface area contributed by atoms with Gasteiger partial charge in [-0.05, 0) is 44.9 Å². The molecular formula is C51H96O6. The van der Waals surface area contributed by atoms with E-state index in [2.05, 4.69) is 32.9 Å². The zero-order valence-corrected chi connectivity index (χ0v) is 38.4. The van der Waals surface area contributed by atoms with E-state index in [1.807, 2.05) is 0 Å². The summed E-state index contributed by atoms with van der Waals surface area (Å²) >= 11 is 0. The van der Waals surface area contributed by atoms with Crippen LogP contribution in [-0.4, -0.2) is 37.2 Å². The van der Waals surface area contributed by atoms with Crippen LogP contribution in [0.2, 0.25) is 0 Å². The predicted octanol–water partition coefficient (Wildman–Crippen LogP) is 16.2. The number of carbonyl (C=O) groups excluding carboxylic acids is 3. The molecule has 6 nitrogen and oxygen atoms in total. The molecule has 0 amide bonds. The maximum absolute atomic E-state index is 12.7. The van der Waals surface area contributed by atoms with E-state index in [4.69, 9.17) is 14.2 Å². The van der Waals surface area contributed by atoms with Crippen LogP contribution in [0.4, 0.5) is 0 Å². The van der Waals surface area contributed by atoms with Gasteiger partial charge in [0.25, 0.3) is 0 Å². The van der Waals surface area contributed by atoms with Crippen LogP contribution < -0.4 is 0 Å². The Labute approximate surface area is 354 Å². The predicted molar refractivity (Wildman–Crippen MR) is 243 cm³/mol. The van der Waals surface area contributed by atoms with Gasteiger partial charge in [-0.1, -0.05) is 226 Å². The second kappa shape index (κ2) is 46.8. The molecule has 0 saturated heterocycles. The largest absolute Gasteiger partial charge is 0.462 e. The fraction of sp³-hybridized carbons (Fsp3) is 0.902. The smallest absolute Gasteiger partial charge is 0.306 e. The standard InChI is InChI=1S/C51H96O6/c1-4-7-10-13-16-19-21-23-25-26-27-29-30-32-35-38-41-44-50(53)56-47-48(46-55-49(52)43-40-37-34-18-15-12-9-6-3)57-51(54)45-42-39-36-33-31-28-24-22-20-17-14-11-8-5-2/h22,24,48H,4-21,23,25-47H2,1-3H3/b24-22-. The lowest BCUT2D eigenvalue weighted by atomic mass is 10.0. The van der Waals surface area contributed by atoms with Crippen molar-refractivity contribution >= 4 is 17.9 Å². The maximum Gasteiger partial charge on any atom is 0.306 e. The van der Waals surface area contributed by atoms with E-state index in [0.29, 0.717) is 19.3 Å². The third-order valence-electron chi connectivity index (χ3n) is 11.3. The van der Waals surface area contributed by atoms with Crippen LogP contribution in [-0.2, 0) is 28.6 Å². The molecular weight excluding hydrogens is 709 g/mol. The minimum absolute atomic E-state index is 0.0686. The van der Waals surface area contributed by atoms with Gasteiger partial charge in [-0.2, -0.15) is 0 Å². The molecule has 0 radical (unpaired) electrons. The maximum atomic E-state index is 12.7. The van der Waals surface area contributed by atoms with Gasteiger partial charge in [0.2, 0.25) is 0 Å². The summed E-state index contributed by atoms with van der Waals surface area (Å²) in [6.07, 6.45) is 50.6. The molecule has 0 aromatic rings. The fourth-order valence-electron chi connectivity index (χ4n) is 7.44. The summed E-state index contributed by atoms with van der Waals surface area (Å²) in [4.78, 5) is 37.8. The van der Waals surface area contributed by atoms with E-state index in [1.54, 1.807) is 0 Å². The van der Waals surface area contributed by atoms with Crippen LogP contribution in [0.25, 0.3) is 0 Å². The summed E-state index contributed by atoms with van der Waals surface area (Å²) in [6.45, 7) is 6.62. The highest BCUT2D eigenvalue weighted by atomic mass is 16.6. The number of hydrogen-bond acceptors (Lipinski definition) is 6. The normalized spacial score (nSPS) is 12.0. The molecule has 336 valence electrons. The van der Waals surface area contributed by atoms with Gasteiger partial charge in [-0.3, -0.25) is 14.4 Å². The van der Waals surface area contributed by atoms with Gasteiger partial charge >= 0.3 is 17.9 Å². The average molecular weight is 805 g/mol. The summed E-state index contributed by atoms with van der Waals surface area (Å²) in [7, 11) is 0. The van der Waals surface area contributed by atoms with E-state index in [0.717, 1.165) is 64.2 Å². The highest BCUT2D eigenvalue weighted by Gasteiger charge is 2.19. The molecule has 0 N–H and O–H groups in total. The van der Waals surface area contributed by atoms with E-state index < -0.39 is 6.10 Å². The molecule has 0 aromatic heterocycles. The second-order valence-electron chi connectivity index (χ2n) is 17.1. The lowest BCUT2D eigenvalue weighted by Gasteiger charge is -2.18. The summed E-state index contributed by atoms with van der Waals surface area (Å²) in [5.41, 5.74) is 0. The van der Waals surface area contributed by atoms with Gasteiger partial charge in [-0.25, -0.2) is 0 Å². The third kappa shape index (κ3) is 45.1. The van der Waals surface area contributed by atoms with Crippen molar-refractivity contribution in [2.24, 2.45) is 0 Å².